The van der Waals surface area contributed by atoms with Gasteiger partial charge in [0.15, 0.2) is 6.10 Å². The molecule has 0 radical (unpaired) electrons. The van der Waals surface area contributed by atoms with Crippen LogP contribution in [0.5, 0.6) is 0 Å². The van der Waals surface area contributed by atoms with Crippen molar-refractivity contribution in [3.8, 4) is 0 Å². The van der Waals surface area contributed by atoms with Crippen molar-refractivity contribution >= 4 is 17.6 Å². The van der Waals surface area contributed by atoms with E-state index in [0.717, 1.165) is 31.7 Å². The molecule has 1 atom stereocenters. The molecule has 0 aromatic heterocycles. The van der Waals surface area contributed by atoms with Gasteiger partial charge in [-0.1, -0.05) is 12.8 Å². The highest BCUT2D eigenvalue weighted by Crippen LogP contribution is 2.18. The summed E-state index contributed by atoms with van der Waals surface area (Å²) >= 11 is 0. The fraction of sp³-hybridized carbons (Fsp3) is 0.467. The molecule has 1 aliphatic carbocycles. The molecule has 6 heteroatoms. The average Bonchev–Trinajstić information content (AvgIpc) is 2.94. The number of carbonyl (C=O) groups is 2. The summed E-state index contributed by atoms with van der Waals surface area (Å²) in [5.74, 6) is -1.76. The molecular formula is C15H19FN2O3. The van der Waals surface area contributed by atoms with E-state index in [1.165, 1.54) is 19.1 Å². The van der Waals surface area contributed by atoms with Crippen LogP contribution in [0, 0.1) is 5.82 Å². The fourth-order valence-electron chi connectivity index (χ4n) is 2.32. The van der Waals surface area contributed by atoms with Gasteiger partial charge in [-0.15, -0.1) is 0 Å². The topological polar surface area (TPSA) is 81.4 Å². The normalized spacial score (nSPS) is 16.5. The molecule has 1 amide bonds. The highest BCUT2D eigenvalue weighted by molar-refractivity contribution is 5.92. The molecule has 3 N–H and O–H groups in total. The fourth-order valence-corrected chi connectivity index (χ4v) is 2.32. The molecule has 21 heavy (non-hydrogen) atoms. The molecule has 0 saturated heterocycles. The van der Waals surface area contributed by atoms with Crippen LogP contribution in [0.1, 0.15) is 43.0 Å². The van der Waals surface area contributed by atoms with Crippen LogP contribution in [-0.2, 0) is 9.53 Å². The third-order valence-electron chi connectivity index (χ3n) is 3.59. The van der Waals surface area contributed by atoms with E-state index in [9.17, 15) is 14.0 Å². The van der Waals surface area contributed by atoms with Crippen LogP contribution in [0.25, 0.3) is 0 Å². The number of rotatable bonds is 4. The molecule has 1 aromatic rings. The summed E-state index contributed by atoms with van der Waals surface area (Å²) in [5.41, 5.74) is 5.33. The molecule has 1 saturated carbocycles. The van der Waals surface area contributed by atoms with Gasteiger partial charge in [-0.3, -0.25) is 4.79 Å². The second kappa shape index (κ2) is 6.56. The Balaban J connectivity index is 1.91. The lowest BCUT2D eigenvalue weighted by Crippen LogP contribution is -2.40. The first-order valence-electron chi connectivity index (χ1n) is 7.03. The minimum Gasteiger partial charge on any atom is -0.449 e. The predicted octanol–water partition coefficient (Wildman–Crippen LogP) is 2.01. The number of nitrogens with one attached hydrogen (secondary N) is 1. The first kappa shape index (κ1) is 15.3. The molecule has 1 unspecified atom stereocenters. The van der Waals surface area contributed by atoms with Crippen LogP contribution in [0.4, 0.5) is 10.1 Å². The van der Waals surface area contributed by atoms with E-state index in [-0.39, 0.29) is 23.2 Å². The SMILES string of the molecule is CC(OC(=O)c1ccc(N)c(F)c1)C(=O)NC1CCCC1. The van der Waals surface area contributed by atoms with E-state index >= 15 is 0 Å². The third-order valence-corrected chi connectivity index (χ3v) is 3.59. The number of nitrogens with two attached hydrogens (primary N) is 1. The van der Waals surface area contributed by atoms with Crippen molar-refractivity contribution in [1.82, 2.24) is 5.32 Å². The number of benzene rings is 1. The largest absolute Gasteiger partial charge is 0.449 e. The van der Waals surface area contributed by atoms with E-state index in [4.69, 9.17) is 10.5 Å². The zero-order valence-corrected chi connectivity index (χ0v) is 11.9. The third kappa shape index (κ3) is 3.93. The van der Waals surface area contributed by atoms with Crippen molar-refractivity contribution in [3.05, 3.63) is 29.6 Å². The van der Waals surface area contributed by atoms with Gasteiger partial charge in [0.2, 0.25) is 0 Å². The molecule has 5 nitrogen and oxygen atoms in total. The summed E-state index contributed by atoms with van der Waals surface area (Å²) in [5, 5.41) is 2.85. The number of halogens is 1. The highest BCUT2D eigenvalue weighted by atomic mass is 19.1. The van der Waals surface area contributed by atoms with E-state index in [0.29, 0.717) is 0 Å². The lowest BCUT2D eigenvalue weighted by molar-refractivity contribution is -0.129. The van der Waals surface area contributed by atoms with Crippen LogP contribution >= 0.6 is 0 Å². The number of ether oxygens (including phenoxy) is 1. The lowest BCUT2D eigenvalue weighted by atomic mass is 10.2. The summed E-state index contributed by atoms with van der Waals surface area (Å²) in [7, 11) is 0. The zero-order valence-electron chi connectivity index (χ0n) is 11.9. The highest BCUT2D eigenvalue weighted by Gasteiger charge is 2.23. The van der Waals surface area contributed by atoms with E-state index in [2.05, 4.69) is 5.32 Å². The maximum Gasteiger partial charge on any atom is 0.339 e. The van der Waals surface area contributed by atoms with Gasteiger partial charge in [-0.25, -0.2) is 9.18 Å². The Morgan fingerprint density at radius 2 is 2.05 bits per heavy atom. The molecule has 1 aromatic carbocycles. The Kier molecular flexibility index (Phi) is 4.77. The number of amides is 1. The summed E-state index contributed by atoms with van der Waals surface area (Å²) in [6.07, 6.45) is 3.19. The van der Waals surface area contributed by atoms with E-state index < -0.39 is 17.9 Å². The minimum absolute atomic E-state index is 0.0298. The van der Waals surface area contributed by atoms with Gasteiger partial charge < -0.3 is 15.8 Å². The quantitative estimate of drug-likeness (QED) is 0.657. The van der Waals surface area contributed by atoms with Gasteiger partial charge in [-0.2, -0.15) is 0 Å². The van der Waals surface area contributed by atoms with Crippen LogP contribution in [0.15, 0.2) is 18.2 Å². The molecule has 0 aliphatic heterocycles. The number of esters is 1. The summed E-state index contributed by atoms with van der Waals surface area (Å²) < 4.78 is 18.3. The first-order valence-corrected chi connectivity index (χ1v) is 7.03. The van der Waals surface area contributed by atoms with Gasteiger partial charge in [0.1, 0.15) is 5.82 Å². The Hall–Kier alpha value is -2.11. The van der Waals surface area contributed by atoms with Crippen LogP contribution < -0.4 is 11.1 Å². The van der Waals surface area contributed by atoms with Crippen molar-refractivity contribution in [2.24, 2.45) is 0 Å². The standard InChI is InChI=1S/C15H19FN2O3/c1-9(14(19)18-11-4-2-3-5-11)21-15(20)10-6-7-13(17)12(16)8-10/h6-9,11H,2-5,17H2,1H3,(H,18,19). The van der Waals surface area contributed by atoms with Gasteiger partial charge >= 0.3 is 5.97 Å². The van der Waals surface area contributed by atoms with Crippen molar-refractivity contribution < 1.29 is 18.7 Å². The van der Waals surface area contributed by atoms with Crippen LogP contribution in [-0.4, -0.2) is 24.0 Å². The number of carbonyl (C=O) groups excluding carboxylic acids is 2. The van der Waals surface area contributed by atoms with Crippen molar-refractivity contribution in [2.75, 3.05) is 5.73 Å². The molecule has 1 aliphatic rings. The number of hydrogen-bond donors (Lipinski definition) is 2. The zero-order chi connectivity index (χ0) is 15.4. The molecule has 1 fully saturated rings. The van der Waals surface area contributed by atoms with Crippen LogP contribution in [0.3, 0.4) is 0 Å². The maximum atomic E-state index is 13.3. The maximum absolute atomic E-state index is 13.3. The average molecular weight is 294 g/mol. The van der Waals surface area contributed by atoms with Crippen molar-refractivity contribution in [1.29, 1.82) is 0 Å². The Morgan fingerprint density at radius 1 is 1.38 bits per heavy atom. The van der Waals surface area contributed by atoms with Crippen LogP contribution in [0.2, 0.25) is 0 Å². The summed E-state index contributed by atoms with van der Waals surface area (Å²) in [6, 6.07) is 3.81. The Bertz CT molecular complexity index is 542. The molecule has 2 rings (SSSR count). The molecule has 114 valence electrons. The van der Waals surface area contributed by atoms with Gasteiger partial charge in [0.05, 0.1) is 11.3 Å². The molecular weight excluding hydrogens is 275 g/mol. The van der Waals surface area contributed by atoms with Crippen molar-refractivity contribution in [3.63, 3.8) is 0 Å². The number of nitrogen functional groups attached to an aromatic ring is 1. The molecule has 0 heterocycles. The van der Waals surface area contributed by atoms with Gasteiger partial charge in [-0.05, 0) is 38.0 Å². The Labute approximate surface area is 122 Å². The number of hydrogen-bond acceptors (Lipinski definition) is 4. The van der Waals surface area contributed by atoms with E-state index in [1.807, 2.05) is 0 Å². The smallest absolute Gasteiger partial charge is 0.339 e. The predicted molar refractivity (Wildman–Crippen MR) is 76.1 cm³/mol. The van der Waals surface area contributed by atoms with Gasteiger partial charge in [0, 0.05) is 6.04 Å². The lowest BCUT2D eigenvalue weighted by Gasteiger charge is -2.17. The monoisotopic (exact) mass is 294 g/mol. The van der Waals surface area contributed by atoms with Crippen molar-refractivity contribution in [2.45, 2.75) is 44.8 Å². The Morgan fingerprint density at radius 3 is 2.67 bits per heavy atom. The summed E-state index contributed by atoms with van der Waals surface area (Å²) in [4.78, 5) is 23.8. The second-order valence-electron chi connectivity index (χ2n) is 5.27. The van der Waals surface area contributed by atoms with E-state index in [1.54, 1.807) is 0 Å². The first-order chi connectivity index (χ1) is 9.97. The minimum atomic E-state index is -0.918. The summed E-state index contributed by atoms with van der Waals surface area (Å²) in [6.45, 7) is 1.50. The number of anilines is 1. The molecule has 0 spiro atoms. The molecule has 0 bridgehead atoms. The second-order valence-corrected chi connectivity index (χ2v) is 5.27. The van der Waals surface area contributed by atoms with Gasteiger partial charge in [0.25, 0.3) is 5.91 Å².